The maximum atomic E-state index is 12.9. The summed E-state index contributed by atoms with van der Waals surface area (Å²) in [6.45, 7) is 1.76. The standard InChI is InChI=1S/C21H16BrN3O4/c1-12-23-15-8-7-13(11-18(15)28-12)24-20(26)14-5-3-4-6-16(14)25(2)21(27)17-9-10-19(22)29-17/h3-11H,1-2H3,(H,24,26). The van der Waals surface area contributed by atoms with Crippen LogP contribution in [0.15, 0.2) is 68.1 Å². The second-order valence-corrected chi connectivity index (χ2v) is 7.14. The van der Waals surface area contributed by atoms with Crippen LogP contribution in [-0.4, -0.2) is 23.8 Å². The van der Waals surface area contributed by atoms with E-state index in [0.717, 1.165) is 5.52 Å². The highest BCUT2D eigenvalue weighted by atomic mass is 79.9. The van der Waals surface area contributed by atoms with E-state index in [1.54, 1.807) is 68.6 Å². The fourth-order valence-corrected chi connectivity index (χ4v) is 3.28. The van der Waals surface area contributed by atoms with E-state index in [1.165, 1.54) is 4.90 Å². The molecule has 0 atom stereocenters. The largest absolute Gasteiger partial charge is 0.444 e. The topological polar surface area (TPSA) is 88.6 Å². The number of benzene rings is 2. The second-order valence-electron chi connectivity index (χ2n) is 6.35. The number of amides is 2. The summed E-state index contributed by atoms with van der Waals surface area (Å²) in [5.74, 6) is 0.00483. The van der Waals surface area contributed by atoms with Crippen LogP contribution in [-0.2, 0) is 0 Å². The molecule has 0 aliphatic carbocycles. The van der Waals surface area contributed by atoms with Gasteiger partial charge in [-0.05, 0) is 52.3 Å². The van der Waals surface area contributed by atoms with E-state index in [0.29, 0.717) is 33.1 Å². The summed E-state index contributed by atoms with van der Waals surface area (Å²) in [6.07, 6.45) is 0. The van der Waals surface area contributed by atoms with E-state index < -0.39 is 0 Å². The fraction of sp³-hybridized carbons (Fsp3) is 0.0952. The number of halogens is 1. The van der Waals surface area contributed by atoms with Crippen LogP contribution in [0.1, 0.15) is 26.8 Å². The summed E-state index contributed by atoms with van der Waals surface area (Å²) < 4.78 is 11.3. The molecule has 4 aromatic rings. The van der Waals surface area contributed by atoms with Crippen LogP contribution in [0.5, 0.6) is 0 Å². The Morgan fingerprint density at radius 1 is 1.07 bits per heavy atom. The normalized spacial score (nSPS) is 10.9. The number of fused-ring (bicyclic) bond motifs is 1. The minimum Gasteiger partial charge on any atom is -0.444 e. The Balaban J connectivity index is 1.61. The van der Waals surface area contributed by atoms with Gasteiger partial charge in [0.25, 0.3) is 11.8 Å². The molecule has 2 aromatic carbocycles. The molecule has 29 heavy (non-hydrogen) atoms. The highest BCUT2D eigenvalue weighted by Crippen LogP contribution is 2.25. The zero-order valence-corrected chi connectivity index (χ0v) is 17.2. The summed E-state index contributed by atoms with van der Waals surface area (Å²) in [6, 6.07) is 15.3. The van der Waals surface area contributed by atoms with E-state index in [-0.39, 0.29) is 17.6 Å². The molecule has 2 aromatic heterocycles. The first kappa shape index (κ1) is 18.9. The molecule has 8 heteroatoms. The zero-order valence-electron chi connectivity index (χ0n) is 15.6. The first-order valence-corrected chi connectivity index (χ1v) is 9.52. The van der Waals surface area contributed by atoms with Gasteiger partial charge >= 0.3 is 0 Å². The highest BCUT2D eigenvalue weighted by Gasteiger charge is 2.22. The monoisotopic (exact) mass is 453 g/mol. The number of nitrogens with zero attached hydrogens (tertiary/aromatic N) is 2. The van der Waals surface area contributed by atoms with E-state index in [4.69, 9.17) is 8.83 Å². The van der Waals surface area contributed by atoms with E-state index in [2.05, 4.69) is 26.2 Å². The number of carbonyl (C=O) groups excluding carboxylic acids is 2. The summed E-state index contributed by atoms with van der Waals surface area (Å²) in [5, 5.41) is 2.84. The minimum atomic E-state index is -0.366. The van der Waals surface area contributed by atoms with Gasteiger partial charge in [0.2, 0.25) is 0 Å². The van der Waals surface area contributed by atoms with Gasteiger partial charge < -0.3 is 19.1 Å². The molecule has 0 aliphatic heterocycles. The van der Waals surface area contributed by atoms with Gasteiger partial charge in [0.15, 0.2) is 21.9 Å². The number of anilines is 2. The van der Waals surface area contributed by atoms with Crippen molar-refractivity contribution in [3.8, 4) is 0 Å². The molecule has 146 valence electrons. The molecule has 0 aliphatic rings. The third-order valence-corrected chi connectivity index (χ3v) is 4.78. The smallest absolute Gasteiger partial charge is 0.293 e. The first-order valence-electron chi connectivity index (χ1n) is 8.73. The van der Waals surface area contributed by atoms with Gasteiger partial charge in [-0.2, -0.15) is 0 Å². The van der Waals surface area contributed by atoms with Crippen LogP contribution >= 0.6 is 15.9 Å². The van der Waals surface area contributed by atoms with Crippen molar-refractivity contribution in [2.24, 2.45) is 0 Å². The summed E-state index contributed by atoms with van der Waals surface area (Å²) >= 11 is 3.19. The Morgan fingerprint density at radius 2 is 1.86 bits per heavy atom. The molecule has 2 amide bonds. The number of furan rings is 1. The number of nitrogens with one attached hydrogen (secondary N) is 1. The SMILES string of the molecule is Cc1nc2ccc(NC(=O)c3ccccc3N(C)C(=O)c3ccc(Br)o3)cc2o1. The Morgan fingerprint density at radius 3 is 2.62 bits per heavy atom. The van der Waals surface area contributed by atoms with Crippen molar-refractivity contribution in [1.29, 1.82) is 0 Å². The molecular formula is C21H16BrN3O4. The predicted molar refractivity (Wildman–Crippen MR) is 112 cm³/mol. The van der Waals surface area contributed by atoms with Gasteiger partial charge in [-0.15, -0.1) is 0 Å². The number of hydrogen-bond donors (Lipinski definition) is 1. The van der Waals surface area contributed by atoms with Crippen molar-refractivity contribution in [2.75, 3.05) is 17.3 Å². The molecule has 4 rings (SSSR count). The van der Waals surface area contributed by atoms with Crippen molar-refractivity contribution in [1.82, 2.24) is 4.98 Å². The van der Waals surface area contributed by atoms with E-state index >= 15 is 0 Å². The molecule has 0 unspecified atom stereocenters. The van der Waals surface area contributed by atoms with Gasteiger partial charge in [-0.1, -0.05) is 12.1 Å². The lowest BCUT2D eigenvalue weighted by Crippen LogP contribution is -2.28. The van der Waals surface area contributed by atoms with Crippen molar-refractivity contribution < 1.29 is 18.4 Å². The van der Waals surface area contributed by atoms with Gasteiger partial charge in [0.05, 0.1) is 11.3 Å². The molecule has 0 bridgehead atoms. The summed E-state index contributed by atoms with van der Waals surface area (Å²) in [7, 11) is 1.59. The van der Waals surface area contributed by atoms with Crippen LogP contribution in [0.3, 0.4) is 0 Å². The number of carbonyl (C=O) groups is 2. The maximum absolute atomic E-state index is 12.9. The lowest BCUT2D eigenvalue weighted by Gasteiger charge is -2.19. The number of aromatic nitrogens is 1. The number of oxazole rings is 1. The highest BCUT2D eigenvalue weighted by molar-refractivity contribution is 9.10. The third kappa shape index (κ3) is 3.79. The van der Waals surface area contributed by atoms with Crippen LogP contribution in [0.2, 0.25) is 0 Å². The molecule has 0 spiro atoms. The molecule has 7 nitrogen and oxygen atoms in total. The van der Waals surface area contributed by atoms with Crippen LogP contribution in [0.25, 0.3) is 11.1 Å². The third-order valence-electron chi connectivity index (χ3n) is 4.35. The molecule has 1 N–H and O–H groups in total. The lowest BCUT2D eigenvalue weighted by atomic mass is 10.1. The predicted octanol–water partition coefficient (Wildman–Crippen LogP) is 5.02. The molecule has 2 heterocycles. The lowest BCUT2D eigenvalue weighted by molar-refractivity contribution is 0.0965. The second kappa shape index (κ2) is 7.56. The van der Waals surface area contributed by atoms with Gasteiger partial charge in [0, 0.05) is 25.7 Å². The van der Waals surface area contributed by atoms with Crippen LogP contribution in [0.4, 0.5) is 11.4 Å². The first-order chi connectivity index (χ1) is 13.9. The van der Waals surface area contributed by atoms with Crippen molar-refractivity contribution in [3.63, 3.8) is 0 Å². The van der Waals surface area contributed by atoms with E-state index in [1.807, 2.05) is 0 Å². The Bertz CT molecular complexity index is 1230. The Kier molecular flexibility index (Phi) is 4.94. The average Bonchev–Trinajstić information content (AvgIpc) is 3.31. The number of aryl methyl sites for hydroxylation is 1. The zero-order chi connectivity index (χ0) is 20.5. The quantitative estimate of drug-likeness (QED) is 0.468. The molecular weight excluding hydrogens is 438 g/mol. The van der Waals surface area contributed by atoms with E-state index in [9.17, 15) is 9.59 Å². The molecule has 0 radical (unpaired) electrons. The molecule has 0 fully saturated rings. The van der Waals surface area contributed by atoms with Crippen LogP contribution < -0.4 is 10.2 Å². The molecule has 0 saturated carbocycles. The van der Waals surface area contributed by atoms with Crippen molar-refractivity contribution >= 4 is 50.2 Å². The fourth-order valence-electron chi connectivity index (χ4n) is 2.98. The number of rotatable bonds is 4. The van der Waals surface area contributed by atoms with Crippen molar-refractivity contribution in [3.05, 3.63) is 76.5 Å². The minimum absolute atomic E-state index is 0.167. The molecule has 0 saturated heterocycles. The number of hydrogen-bond acceptors (Lipinski definition) is 5. The van der Waals surface area contributed by atoms with Crippen molar-refractivity contribution in [2.45, 2.75) is 6.92 Å². The number of para-hydroxylation sites is 1. The summed E-state index contributed by atoms with van der Waals surface area (Å²) in [5.41, 5.74) is 2.68. The van der Waals surface area contributed by atoms with Gasteiger partial charge in [-0.25, -0.2) is 4.98 Å². The van der Waals surface area contributed by atoms with Crippen LogP contribution in [0, 0.1) is 6.92 Å². The average molecular weight is 454 g/mol. The Hall–Kier alpha value is -3.39. The maximum Gasteiger partial charge on any atom is 0.293 e. The Labute approximate surface area is 174 Å². The summed E-state index contributed by atoms with van der Waals surface area (Å²) in [4.78, 5) is 31.2. The van der Waals surface area contributed by atoms with Gasteiger partial charge in [0.1, 0.15) is 5.52 Å². The van der Waals surface area contributed by atoms with Gasteiger partial charge in [-0.3, -0.25) is 9.59 Å².